The van der Waals surface area contributed by atoms with Gasteiger partial charge in [-0.05, 0) is 35.3 Å². The summed E-state index contributed by atoms with van der Waals surface area (Å²) in [6, 6.07) is 10.5. The van der Waals surface area contributed by atoms with E-state index in [0.29, 0.717) is 18.9 Å². The van der Waals surface area contributed by atoms with Crippen LogP contribution in [0.5, 0.6) is 0 Å². The van der Waals surface area contributed by atoms with Gasteiger partial charge in [0.25, 0.3) is 0 Å². The first-order chi connectivity index (χ1) is 10.8. The molecule has 1 amide bonds. The van der Waals surface area contributed by atoms with Crippen LogP contribution in [-0.4, -0.2) is 44.1 Å². The van der Waals surface area contributed by atoms with Crippen LogP contribution < -0.4 is 0 Å². The van der Waals surface area contributed by atoms with Gasteiger partial charge in [0.2, 0.25) is 5.91 Å². The summed E-state index contributed by atoms with van der Waals surface area (Å²) in [6.07, 6.45) is 5.16. The Balaban J connectivity index is 1.49. The number of tetrazole rings is 1. The van der Waals surface area contributed by atoms with E-state index in [0.717, 1.165) is 25.9 Å². The lowest BCUT2D eigenvalue weighted by Crippen LogP contribution is -2.39. The van der Waals surface area contributed by atoms with Crippen LogP contribution in [0.25, 0.3) is 0 Å². The maximum absolute atomic E-state index is 12.4. The first-order valence-corrected chi connectivity index (χ1v) is 7.86. The minimum absolute atomic E-state index is 0.244. The standard InChI is InChI=1S/C16H21N5O/c22-16(9-5-11-21-13-17-18-19-21)20-10-4-8-15(12-20)14-6-2-1-3-7-14/h1-3,6-7,13,15H,4-5,8-12H2/t15-/m1/s1. The van der Waals surface area contributed by atoms with Crippen LogP contribution in [-0.2, 0) is 11.3 Å². The molecule has 0 aliphatic carbocycles. The van der Waals surface area contributed by atoms with Gasteiger partial charge in [0.1, 0.15) is 6.33 Å². The highest BCUT2D eigenvalue weighted by atomic mass is 16.2. The van der Waals surface area contributed by atoms with Crippen LogP contribution in [0.15, 0.2) is 36.7 Å². The largest absolute Gasteiger partial charge is 0.342 e. The van der Waals surface area contributed by atoms with E-state index in [4.69, 9.17) is 0 Å². The Hall–Kier alpha value is -2.24. The van der Waals surface area contributed by atoms with Crippen molar-refractivity contribution in [1.29, 1.82) is 0 Å². The molecule has 0 spiro atoms. The first-order valence-electron chi connectivity index (χ1n) is 7.86. The molecule has 1 atom stereocenters. The number of carbonyl (C=O) groups excluding carboxylic acids is 1. The summed E-state index contributed by atoms with van der Waals surface area (Å²) >= 11 is 0. The van der Waals surface area contributed by atoms with Crippen LogP contribution in [0, 0.1) is 0 Å². The number of rotatable bonds is 5. The molecular formula is C16H21N5O. The highest BCUT2D eigenvalue weighted by molar-refractivity contribution is 5.76. The fourth-order valence-electron chi connectivity index (χ4n) is 3.03. The third-order valence-corrected chi connectivity index (χ3v) is 4.21. The molecule has 2 heterocycles. The van der Waals surface area contributed by atoms with E-state index in [1.165, 1.54) is 12.0 Å². The van der Waals surface area contributed by atoms with Crippen LogP contribution >= 0.6 is 0 Å². The van der Waals surface area contributed by atoms with Gasteiger partial charge < -0.3 is 4.90 Å². The quantitative estimate of drug-likeness (QED) is 0.845. The molecule has 6 nitrogen and oxygen atoms in total. The topological polar surface area (TPSA) is 63.9 Å². The lowest BCUT2D eigenvalue weighted by Gasteiger charge is -2.33. The average Bonchev–Trinajstić information content (AvgIpc) is 3.09. The number of hydrogen-bond donors (Lipinski definition) is 0. The van der Waals surface area contributed by atoms with Gasteiger partial charge in [0.05, 0.1) is 0 Å². The average molecular weight is 299 g/mol. The van der Waals surface area contributed by atoms with Gasteiger partial charge in [0.15, 0.2) is 0 Å². The normalized spacial score (nSPS) is 18.4. The number of hydrogen-bond acceptors (Lipinski definition) is 4. The Bertz CT molecular complexity index is 584. The molecule has 0 radical (unpaired) electrons. The predicted molar refractivity (Wildman–Crippen MR) is 82.0 cm³/mol. The number of nitrogens with zero attached hydrogens (tertiary/aromatic N) is 5. The first kappa shape index (κ1) is 14.7. The summed E-state index contributed by atoms with van der Waals surface area (Å²) in [5.74, 6) is 0.715. The Labute approximate surface area is 130 Å². The molecular weight excluding hydrogens is 278 g/mol. The third-order valence-electron chi connectivity index (χ3n) is 4.21. The van der Waals surface area contributed by atoms with E-state index in [2.05, 4.69) is 39.8 Å². The lowest BCUT2D eigenvalue weighted by molar-refractivity contribution is -0.132. The van der Waals surface area contributed by atoms with Gasteiger partial charge in [-0.2, -0.15) is 0 Å². The number of piperidine rings is 1. The maximum atomic E-state index is 12.4. The summed E-state index contributed by atoms with van der Waals surface area (Å²) in [5, 5.41) is 11.0. The SMILES string of the molecule is O=C(CCCn1cnnn1)N1CCC[C@@H](c2ccccc2)C1. The second-order valence-corrected chi connectivity index (χ2v) is 5.77. The second-order valence-electron chi connectivity index (χ2n) is 5.77. The van der Waals surface area contributed by atoms with Gasteiger partial charge in [-0.3, -0.25) is 4.79 Å². The van der Waals surface area contributed by atoms with Crippen molar-refractivity contribution in [3.8, 4) is 0 Å². The highest BCUT2D eigenvalue weighted by Crippen LogP contribution is 2.27. The van der Waals surface area contributed by atoms with Crippen molar-refractivity contribution in [2.24, 2.45) is 0 Å². The van der Waals surface area contributed by atoms with Crippen molar-refractivity contribution >= 4 is 5.91 Å². The van der Waals surface area contributed by atoms with Crippen molar-refractivity contribution in [2.75, 3.05) is 13.1 Å². The number of carbonyl (C=O) groups is 1. The molecule has 1 fully saturated rings. The summed E-state index contributed by atoms with van der Waals surface area (Å²) in [7, 11) is 0. The molecule has 0 bridgehead atoms. The third kappa shape index (κ3) is 3.69. The van der Waals surface area contributed by atoms with Crippen molar-refractivity contribution in [2.45, 2.75) is 38.1 Å². The zero-order valence-corrected chi connectivity index (χ0v) is 12.6. The fourth-order valence-corrected chi connectivity index (χ4v) is 3.03. The van der Waals surface area contributed by atoms with Crippen LogP contribution in [0.2, 0.25) is 0 Å². The smallest absolute Gasteiger partial charge is 0.222 e. The van der Waals surface area contributed by atoms with Crippen LogP contribution in [0.1, 0.15) is 37.2 Å². The molecule has 3 rings (SSSR count). The highest BCUT2D eigenvalue weighted by Gasteiger charge is 2.24. The van der Waals surface area contributed by atoms with Gasteiger partial charge in [-0.25, -0.2) is 4.68 Å². The number of aromatic nitrogens is 4. The maximum Gasteiger partial charge on any atom is 0.222 e. The molecule has 6 heteroatoms. The molecule has 1 aromatic heterocycles. The van der Waals surface area contributed by atoms with Crippen molar-refractivity contribution in [3.63, 3.8) is 0 Å². The van der Waals surface area contributed by atoms with Gasteiger partial charge in [-0.1, -0.05) is 30.3 Å². The molecule has 0 unspecified atom stereocenters. The molecule has 2 aromatic rings. The van der Waals surface area contributed by atoms with E-state index < -0.39 is 0 Å². The van der Waals surface area contributed by atoms with Crippen molar-refractivity contribution in [1.82, 2.24) is 25.1 Å². The van der Waals surface area contributed by atoms with E-state index in [9.17, 15) is 4.79 Å². The number of amides is 1. The van der Waals surface area contributed by atoms with Gasteiger partial charge in [-0.15, -0.1) is 5.10 Å². The second kappa shape index (κ2) is 7.15. The Kier molecular flexibility index (Phi) is 4.78. The van der Waals surface area contributed by atoms with E-state index >= 15 is 0 Å². The zero-order chi connectivity index (χ0) is 15.2. The lowest BCUT2D eigenvalue weighted by atomic mass is 9.90. The van der Waals surface area contributed by atoms with E-state index in [-0.39, 0.29) is 5.91 Å². The molecule has 1 aromatic carbocycles. The molecule has 116 valence electrons. The van der Waals surface area contributed by atoms with Gasteiger partial charge >= 0.3 is 0 Å². The minimum atomic E-state index is 0.244. The minimum Gasteiger partial charge on any atom is -0.342 e. The number of benzene rings is 1. The Morgan fingerprint density at radius 1 is 1.27 bits per heavy atom. The predicted octanol–water partition coefficient (Wildman–Crippen LogP) is 1.86. The molecule has 22 heavy (non-hydrogen) atoms. The fraction of sp³-hybridized carbons (Fsp3) is 0.500. The summed E-state index contributed by atoms with van der Waals surface area (Å²) in [5.41, 5.74) is 1.34. The Morgan fingerprint density at radius 2 is 2.14 bits per heavy atom. The Morgan fingerprint density at radius 3 is 2.91 bits per heavy atom. The molecule has 0 saturated carbocycles. The molecule has 1 aliphatic heterocycles. The molecule has 1 aliphatic rings. The summed E-state index contributed by atoms with van der Waals surface area (Å²) in [6.45, 7) is 2.41. The monoisotopic (exact) mass is 299 g/mol. The van der Waals surface area contributed by atoms with E-state index in [1.54, 1.807) is 11.0 Å². The van der Waals surface area contributed by atoms with Crippen molar-refractivity contribution < 1.29 is 4.79 Å². The number of aryl methyl sites for hydroxylation is 1. The van der Waals surface area contributed by atoms with Crippen molar-refractivity contribution in [3.05, 3.63) is 42.2 Å². The van der Waals surface area contributed by atoms with Gasteiger partial charge in [0, 0.05) is 32.0 Å². The van der Waals surface area contributed by atoms with E-state index in [1.807, 2.05) is 11.0 Å². The molecule has 1 saturated heterocycles. The summed E-state index contributed by atoms with van der Waals surface area (Å²) in [4.78, 5) is 14.4. The van der Waals surface area contributed by atoms with Crippen LogP contribution in [0.4, 0.5) is 0 Å². The molecule has 0 N–H and O–H groups in total. The zero-order valence-electron chi connectivity index (χ0n) is 12.6. The number of likely N-dealkylation sites (tertiary alicyclic amines) is 1. The van der Waals surface area contributed by atoms with Crippen LogP contribution in [0.3, 0.4) is 0 Å². The summed E-state index contributed by atoms with van der Waals surface area (Å²) < 4.78 is 1.66.